The Morgan fingerprint density at radius 3 is 2.69 bits per heavy atom. The van der Waals surface area contributed by atoms with Crippen LogP contribution in [-0.4, -0.2) is 34.9 Å². The predicted octanol–water partition coefficient (Wildman–Crippen LogP) is 1.50. The van der Waals surface area contributed by atoms with Gasteiger partial charge in [-0.25, -0.2) is 4.79 Å². The SMILES string of the molecule is O=C1Cc2cccc(C(O)C(O)CNC(=O)OCc3ccccc3)c2N1. The normalized spacial score (nSPS) is 14.9. The number of ether oxygens (including phenoxy) is 1. The van der Waals surface area contributed by atoms with Crippen LogP contribution in [0, 0.1) is 0 Å². The van der Waals surface area contributed by atoms with Crippen LogP contribution < -0.4 is 10.6 Å². The fourth-order valence-electron chi connectivity index (χ4n) is 2.80. The van der Waals surface area contributed by atoms with E-state index in [1.807, 2.05) is 30.3 Å². The van der Waals surface area contributed by atoms with Crippen LogP contribution in [0.25, 0.3) is 0 Å². The van der Waals surface area contributed by atoms with Gasteiger partial charge >= 0.3 is 6.09 Å². The molecular weight excluding hydrogens is 336 g/mol. The topological polar surface area (TPSA) is 108 Å². The van der Waals surface area contributed by atoms with Crippen molar-refractivity contribution in [2.75, 3.05) is 11.9 Å². The van der Waals surface area contributed by atoms with Crippen molar-refractivity contribution >= 4 is 17.7 Å². The molecule has 0 radical (unpaired) electrons. The summed E-state index contributed by atoms with van der Waals surface area (Å²) in [5.74, 6) is -0.156. The van der Waals surface area contributed by atoms with Gasteiger partial charge in [-0.15, -0.1) is 0 Å². The molecule has 2 aromatic rings. The standard InChI is InChI=1S/C19H20N2O5/c22-15(10-20-19(25)26-11-12-5-2-1-3-6-12)18(24)14-8-4-7-13-9-16(23)21-17(13)14/h1-8,15,18,22,24H,9-11H2,(H,20,25)(H,21,23). The number of anilines is 1. The Morgan fingerprint density at radius 1 is 1.15 bits per heavy atom. The maximum atomic E-state index is 11.7. The van der Waals surface area contributed by atoms with E-state index in [2.05, 4.69) is 10.6 Å². The summed E-state index contributed by atoms with van der Waals surface area (Å²) >= 11 is 0. The molecule has 7 heteroatoms. The number of carbonyl (C=O) groups excluding carboxylic acids is 2. The predicted molar refractivity (Wildman–Crippen MR) is 94.4 cm³/mol. The number of carbonyl (C=O) groups is 2. The summed E-state index contributed by atoms with van der Waals surface area (Å²) in [5, 5.41) is 25.6. The molecule has 2 aromatic carbocycles. The number of para-hydroxylation sites is 1. The molecule has 4 N–H and O–H groups in total. The molecular formula is C19H20N2O5. The van der Waals surface area contributed by atoms with E-state index in [0.717, 1.165) is 11.1 Å². The van der Waals surface area contributed by atoms with Crippen molar-refractivity contribution in [2.45, 2.75) is 25.2 Å². The lowest BCUT2D eigenvalue weighted by Crippen LogP contribution is -2.36. The zero-order valence-corrected chi connectivity index (χ0v) is 14.0. The van der Waals surface area contributed by atoms with Gasteiger partial charge in [0.15, 0.2) is 0 Å². The quantitative estimate of drug-likeness (QED) is 0.627. The molecule has 0 saturated heterocycles. The lowest BCUT2D eigenvalue weighted by molar-refractivity contribution is -0.115. The largest absolute Gasteiger partial charge is 0.445 e. The van der Waals surface area contributed by atoms with Gasteiger partial charge in [0.1, 0.15) is 18.8 Å². The summed E-state index contributed by atoms with van der Waals surface area (Å²) < 4.78 is 5.05. The molecule has 0 fully saturated rings. The second-order valence-corrected chi connectivity index (χ2v) is 6.06. The number of hydrogen-bond acceptors (Lipinski definition) is 5. The van der Waals surface area contributed by atoms with Crippen molar-refractivity contribution in [1.29, 1.82) is 0 Å². The highest BCUT2D eigenvalue weighted by molar-refractivity contribution is 6.00. The lowest BCUT2D eigenvalue weighted by atomic mass is 9.99. The Balaban J connectivity index is 1.52. The Bertz CT molecular complexity index is 794. The van der Waals surface area contributed by atoms with Crippen LogP contribution in [0.2, 0.25) is 0 Å². The molecule has 2 unspecified atom stereocenters. The van der Waals surface area contributed by atoms with E-state index < -0.39 is 18.3 Å². The summed E-state index contributed by atoms with van der Waals surface area (Å²) in [6.45, 7) is -0.0735. The van der Waals surface area contributed by atoms with Gasteiger partial charge in [0.2, 0.25) is 5.91 Å². The first kappa shape index (κ1) is 17.9. The summed E-state index contributed by atoms with van der Waals surface area (Å²) in [6.07, 6.45) is -2.94. The van der Waals surface area contributed by atoms with Crippen LogP contribution in [0.5, 0.6) is 0 Å². The summed E-state index contributed by atoms with van der Waals surface area (Å²) in [7, 11) is 0. The molecule has 1 aliphatic heterocycles. The minimum atomic E-state index is -1.25. The van der Waals surface area contributed by atoms with E-state index >= 15 is 0 Å². The maximum absolute atomic E-state index is 11.7. The van der Waals surface area contributed by atoms with Gasteiger partial charge in [0.25, 0.3) is 0 Å². The first-order chi connectivity index (χ1) is 12.5. The van der Waals surface area contributed by atoms with Crippen LogP contribution in [-0.2, 0) is 22.6 Å². The highest BCUT2D eigenvalue weighted by atomic mass is 16.5. The number of hydrogen-bond donors (Lipinski definition) is 4. The molecule has 0 saturated carbocycles. The van der Waals surface area contributed by atoms with E-state index in [0.29, 0.717) is 11.3 Å². The molecule has 0 bridgehead atoms. The van der Waals surface area contributed by atoms with E-state index in [-0.39, 0.29) is 25.5 Å². The number of alkyl carbamates (subject to hydrolysis) is 1. The van der Waals surface area contributed by atoms with Gasteiger partial charge in [-0.05, 0) is 11.1 Å². The van der Waals surface area contributed by atoms with Crippen molar-refractivity contribution in [3.8, 4) is 0 Å². The van der Waals surface area contributed by atoms with Crippen molar-refractivity contribution in [3.63, 3.8) is 0 Å². The van der Waals surface area contributed by atoms with E-state index in [4.69, 9.17) is 4.74 Å². The maximum Gasteiger partial charge on any atom is 0.407 e. The van der Waals surface area contributed by atoms with Crippen LogP contribution >= 0.6 is 0 Å². The summed E-state index contributed by atoms with van der Waals surface area (Å²) in [5.41, 5.74) is 2.56. The van der Waals surface area contributed by atoms with E-state index in [1.165, 1.54) is 0 Å². The minimum absolute atomic E-state index is 0.115. The van der Waals surface area contributed by atoms with E-state index in [1.54, 1.807) is 18.2 Å². The fourth-order valence-corrected chi connectivity index (χ4v) is 2.80. The van der Waals surface area contributed by atoms with Crippen LogP contribution in [0.15, 0.2) is 48.5 Å². The number of aliphatic hydroxyl groups is 2. The zero-order chi connectivity index (χ0) is 18.5. The van der Waals surface area contributed by atoms with Crippen LogP contribution in [0.4, 0.5) is 10.5 Å². The molecule has 26 heavy (non-hydrogen) atoms. The van der Waals surface area contributed by atoms with E-state index in [9.17, 15) is 19.8 Å². The third-order valence-corrected chi connectivity index (χ3v) is 4.15. The number of rotatable bonds is 6. The Morgan fingerprint density at radius 2 is 1.92 bits per heavy atom. The van der Waals surface area contributed by atoms with Gasteiger partial charge in [-0.1, -0.05) is 48.5 Å². The first-order valence-corrected chi connectivity index (χ1v) is 8.27. The van der Waals surface area contributed by atoms with Gasteiger partial charge in [0.05, 0.1) is 12.1 Å². The van der Waals surface area contributed by atoms with Gasteiger partial charge in [-0.2, -0.15) is 0 Å². The van der Waals surface area contributed by atoms with Crippen molar-refractivity contribution in [1.82, 2.24) is 5.32 Å². The van der Waals surface area contributed by atoms with Crippen LogP contribution in [0.1, 0.15) is 22.8 Å². The average Bonchev–Trinajstić information content (AvgIpc) is 3.04. The van der Waals surface area contributed by atoms with Crippen molar-refractivity contribution in [3.05, 3.63) is 65.2 Å². The molecule has 136 valence electrons. The second kappa shape index (κ2) is 7.99. The summed E-state index contributed by atoms with van der Waals surface area (Å²) in [6, 6.07) is 14.3. The van der Waals surface area contributed by atoms with Gasteiger partial charge < -0.3 is 25.6 Å². The smallest absolute Gasteiger partial charge is 0.407 e. The molecule has 0 aliphatic carbocycles. The number of nitrogens with one attached hydrogen (secondary N) is 2. The molecule has 2 atom stereocenters. The third kappa shape index (κ3) is 4.19. The number of benzene rings is 2. The Kier molecular flexibility index (Phi) is 5.50. The fraction of sp³-hybridized carbons (Fsp3) is 0.263. The minimum Gasteiger partial charge on any atom is -0.445 e. The Hall–Kier alpha value is -2.90. The zero-order valence-electron chi connectivity index (χ0n) is 14.0. The average molecular weight is 356 g/mol. The van der Waals surface area contributed by atoms with Crippen molar-refractivity contribution in [2.24, 2.45) is 0 Å². The monoisotopic (exact) mass is 356 g/mol. The van der Waals surface area contributed by atoms with Crippen molar-refractivity contribution < 1.29 is 24.5 Å². The van der Waals surface area contributed by atoms with Crippen LogP contribution in [0.3, 0.4) is 0 Å². The lowest BCUT2D eigenvalue weighted by Gasteiger charge is -2.20. The summed E-state index contributed by atoms with van der Waals surface area (Å²) in [4.78, 5) is 23.2. The number of amides is 2. The van der Waals surface area contributed by atoms with Gasteiger partial charge in [-0.3, -0.25) is 4.79 Å². The molecule has 2 amide bonds. The molecule has 0 spiro atoms. The molecule has 1 aliphatic rings. The number of fused-ring (bicyclic) bond motifs is 1. The first-order valence-electron chi connectivity index (χ1n) is 8.27. The Labute approximate surface area is 150 Å². The number of aliphatic hydroxyl groups excluding tert-OH is 2. The third-order valence-electron chi connectivity index (χ3n) is 4.15. The van der Waals surface area contributed by atoms with Gasteiger partial charge in [0, 0.05) is 12.1 Å². The molecule has 7 nitrogen and oxygen atoms in total. The molecule has 1 heterocycles. The highest BCUT2D eigenvalue weighted by Crippen LogP contribution is 2.32. The molecule has 0 aromatic heterocycles. The highest BCUT2D eigenvalue weighted by Gasteiger charge is 2.27. The molecule has 3 rings (SSSR count). The second-order valence-electron chi connectivity index (χ2n) is 6.06.